The van der Waals surface area contributed by atoms with E-state index in [0.717, 1.165) is 29.1 Å². The molecule has 2 N–H and O–H groups in total. The zero-order valence-electron chi connectivity index (χ0n) is 16.7. The molecule has 30 heavy (non-hydrogen) atoms. The van der Waals surface area contributed by atoms with Crippen molar-refractivity contribution in [3.63, 3.8) is 0 Å². The Morgan fingerprint density at radius 2 is 1.80 bits per heavy atom. The molecule has 1 fully saturated rings. The molecule has 0 saturated carbocycles. The van der Waals surface area contributed by atoms with E-state index >= 15 is 0 Å². The third kappa shape index (κ3) is 4.04. The average Bonchev–Trinajstić information content (AvgIpc) is 3.28. The van der Waals surface area contributed by atoms with Crippen LogP contribution in [0.1, 0.15) is 16.8 Å². The molecule has 0 radical (unpaired) electrons. The third-order valence-electron chi connectivity index (χ3n) is 5.39. The van der Waals surface area contributed by atoms with Crippen LogP contribution < -0.4 is 10.9 Å². The van der Waals surface area contributed by atoms with Gasteiger partial charge in [-0.2, -0.15) is 16.9 Å². The van der Waals surface area contributed by atoms with Gasteiger partial charge in [-0.1, -0.05) is 60.7 Å². The normalized spacial score (nSPS) is 18.3. The number of hydrogen-bond donors (Lipinski definition) is 2. The van der Waals surface area contributed by atoms with Crippen LogP contribution in [-0.2, 0) is 4.74 Å². The predicted molar refractivity (Wildman–Crippen MR) is 120 cm³/mol. The first-order chi connectivity index (χ1) is 14.6. The summed E-state index contributed by atoms with van der Waals surface area (Å²) < 4.78 is 5.69. The van der Waals surface area contributed by atoms with Gasteiger partial charge in [0.25, 0.3) is 11.5 Å². The summed E-state index contributed by atoms with van der Waals surface area (Å²) in [6.07, 6.45) is 0.863. The van der Waals surface area contributed by atoms with Gasteiger partial charge in [0.1, 0.15) is 5.56 Å². The lowest BCUT2D eigenvalue weighted by Gasteiger charge is -2.27. The maximum absolute atomic E-state index is 13.2. The molecule has 3 aromatic rings. The van der Waals surface area contributed by atoms with Crippen molar-refractivity contribution in [2.75, 3.05) is 25.2 Å². The molecule has 0 aliphatic carbocycles. The highest BCUT2D eigenvalue weighted by atomic mass is 32.2. The number of carbonyl (C=O) groups excluding carboxylic acids is 1. The van der Waals surface area contributed by atoms with Crippen LogP contribution in [0.2, 0.25) is 0 Å². The van der Waals surface area contributed by atoms with Crippen molar-refractivity contribution in [2.45, 2.75) is 12.0 Å². The van der Waals surface area contributed by atoms with E-state index in [9.17, 15) is 9.59 Å². The summed E-state index contributed by atoms with van der Waals surface area (Å²) in [5, 5.41) is 9.73. The molecule has 1 saturated heterocycles. The molecule has 1 aliphatic rings. The fourth-order valence-corrected chi connectivity index (χ4v) is 5.05. The summed E-state index contributed by atoms with van der Waals surface area (Å²) >= 11 is 1.80. The molecule has 6 nitrogen and oxygen atoms in total. The molecule has 1 amide bonds. The molecule has 1 atom stereocenters. The van der Waals surface area contributed by atoms with Gasteiger partial charge < -0.3 is 10.1 Å². The number of benzene rings is 2. The lowest BCUT2D eigenvalue weighted by atomic mass is 9.95. The van der Waals surface area contributed by atoms with Gasteiger partial charge in [-0.15, -0.1) is 0 Å². The van der Waals surface area contributed by atoms with Crippen molar-refractivity contribution in [3.05, 3.63) is 76.6 Å². The largest absolute Gasteiger partial charge is 0.376 e. The van der Waals surface area contributed by atoms with E-state index in [0.29, 0.717) is 17.8 Å². The Bertz CT molecular complexity index is 1080. The number of methoxy groups -OCH3 is 1. The molecule has 2 aromatic carbocycles. The van der Waals surface area contributed by atoms with Gasteiger partial charge in [-0.05, 0) is 17.7 Å². The predicted octanol–water partition coefficient (Wildman–Crippen LogP) is 3.36. The van der Waals surface area contributed by atoms with Crippen LogP contribution >= 0.6 is 11.8 Å². The van der Waals surface area contributed by atoms with E-state index in [4.69, 9.17) is 4.74 Å². The van der Waals surface area contributed by atoms with E-state index in [1.807, 2.05) is 60.7 Å². The fourth-order valence-electron chi connectivity index (χ4n) is 3.65. The topological polar surface area (TPSA) is 84.1 Å². The summed E-state index contributed by atoms with van der Waals surface area (Å²) in [6, 6.07) is 18.9. The zero-order valence-corrected chi connectivity index (χ0v) is 17.5. The molecule has 1 aliphatic heterocycles. The fraction of sp³-hybridized carbons (Fsp3) is 0.261. The highest BCUT2D eigenvalue weighted by Crippen LogP contribution is 2.32. The number of amides is 1. The Hall–Kier alpha value is -2.90. The van der Waals surface area contributed by atoms with Gasteiger partial charge in [-0.25, -0.2) is 5.10 Å². The monoisotopic (exact) mass is 421 g/mol. The van der Waals surface area contributed by atoms with E-state index in [-0.39, 0.29) is 5.56 Å². The van der Waals surface area contributed by atoms with E-state index < -0.39 is 17.1 Å². The van der Waals surface area contributed by atoms with Crippen molar-refractivity contribution in [1.29, 1.82) is 0 Å². The molecule has 0 bridgehead atoms. The summed E-state index contributed by atoms with van der Waals surface area (Å²) in [4.78, 5) is 26.0. The van der Waals surface area contributed by atoms with Gasteiger partial charge >= 0.3 is 0 Å². The maximum atomic E-state index is 13.2. The minimum Gasteiger partial charge on any atom is -0.376 e. The molecule has 154 valence electrons. The Morgan fingerprint density at radius 3 is 2.40 bits per heavy atom. The summed E-state index contributed by atoms with van der Waals surface area (Å²) in [5.74, 6) is 1.38. The van der Waals surface area contributed by atoms with Gasteiger partial charge in [0, 0.05) is 30.5 Å². The number of H-pyrrole nitrogens is 1. The van der Waals surface area contributed by atoms with E-state index in [1.165, 1.54) is 0 Å². The van der Waals surface area contributed by atoms with Crippen LogP contribution in [0.5, 0.6) is 0 Å². The highest BCUT2D eigenvalue weighted by Gasteiger charge is 2.35. The maximum Gasteiger partial charge on any atom is 0.277 e. The van der Waals surface area contributed by atoms with Crippen molar-refractivity contribution in [1.82, 2.24) is 15.5 Å². The minimum atomic E-state index is -0.515. The third-order valence-corrected chi connectivity index (χ3v) is 6.61. The second-order valence-electron chi connectivity index (χ2n) is 7.26. The van der Waals surface area contributed by atoms with E-state index in [2.05, 4.69) is 15.5 Å². The molecular formula is C23H23N3O3S. The zero-order chi connectivity index (χ0) is 21.0. The van der Waals surface area contributed by atoms with Crippen molar-refractivity contribution < 1.29 is 9.53 Å². The number of nitrogens with zero attached hydrogens (tertiary/aromatic N) is 1. The second-order valence-corrected chi connectivity index (χ2v) is 8.36. The van der Waals surface area contributed by atoms with Crippen LogP contribution in [0.3, 0.4) is 0 Å². The van der Waals surface area contributed by atoms with Crippen LogP contribution in [-0.4, -0.2) is 46.9 Å². The Kier molecular flexibility index (Phi) is 6.01. The van der Waals surface area contributed by atoms with Crippen LogP contribution in [0, 0.1) is 0 Å². The Morgan fingerprint density at radius 1 is 1.13 bits per heavy atom. The first-order valence-corrected chi connectivity index (χ1v) is 10.9. The number of ether oxygens (including phenoxy) is 1. The molecule has 2 heterocycles. The van der Waals surface area contributed by atoms with Crippen molar-refractivity contribution >= 4 is 17.7 Å². The summed E-state index contributed by atoms with van der Waals surface area (Å²) in [5.41, 5.74) is 1.82. The molecule has 1 unspecified atom stereocenters. The first kappa shape index (κ1) is 20.4. The SMILES string of the molecule is COC1(CNC(=O)c2c(-c3ccccc3)c(-c3ccccc3)n[nH]c2=O)CCSC1. The molecule has 1 aromatic heterocycles. The molecular weight excluding hydrogens is 398 g/mol. The van der Waals surface area contributed by atoms with Crippen LogP contribution in [0.15, 0.2) is 65.5 Å². The van der Waals surface area contributed by atoms with Gasteiger partial charge in [0.2, 0.25) is 0 Å². The van der Waals surface area contributed by atoms with Gasteiger partial charge in [0.15, 0.2) is 0 Å². The van der Waals surface area contributed by atoms with Crippen LogP contribution in [0.4, 0.5) is 0 Å². The highest BCUT2D eigenvalue weighted by molar-refractivity contribution is 7.99. The Labute approximate surface area is 179 Å². The average molecular weight is 422 g/mol. The lowest BCUT2D eigenvalue weighted by Crippen LogP contribution is -2.45. The first-order valence-electron chi connectivity index (χ1n) is 9.78. The van der Waals surface area contributed by atoms with Crippen molar-refractivity contribution in [2.24, 2.45) is 0 Å². The number of hydrogen-bond acceptors (Lipinski definition) is 5. The smallest absolute Gasteiger partial charge is 0.277 e. The minimum absolute atomic E-state index is 0.0620. The quantitative estimate of drug-likeness (QED) is 0.638. The standard InChI is InChI=1S/C23H23N3O3S/c1-29-23(12-13-30-15-23)14-24-21(27)19-18(16-8-4-2-5-9-16)20(25-26-22(19)28)17-10-6-3-7-11-17/h2-11H,12-15H2,1H3,(H,24,27)(H,26,28). The second kappa shape index (κ2) is 8.85. The molecule has 4 rings (SSSR count). The number of thioether (sulfide) groups is 1. The van der Waals surface area contributed by atoms with Crippen LogP contribution in [0.25, 0.3) is 22.4 Å². The number of rotatable bonds is 6. The number of nitrogens with one attached hydrogen (secondary N) is 2. The summed E-state index contributed by atoms with van der Waals surface area (Å²) in [6.45, 7) is 0.353. The van der Waals surface area contributed by atoms with Gasteiger partial charge in [0.05, 0.1) is 11.3 Å². The summed E-state index contributed by atoms with van der Waals surface area (Å²) in [7, 11) is 1.67. The van der Waals surface area contributed by atoms with Gasteiger partial charge in [-0.3, -0.25) is 9.59 Å². The number of carbonyl (C=O) groups is 1. The Balaban J connectivity index is 1.79. The molecule has 7 heteroatoms. The number of aromatic nitrogens is 2. The molecule has 0 spiro atoms. The number of aromatic amines is 1. The lowest BCUT2D eigenvalue weighted by molar-refractivity contribution is 0.0137. The van der Waals surface area contributed by atoms with Crippen molar-refractivity contribution in [3.8, 4) is 22.4 Å². The van der Waals surface area contributed by atoms with E-state index in [1.54, 1.807) is 18.9 Å².